The largest absolute Gasteiger partial charge is 0.467 e. The van der Waals surface area contributed by atoms with Crippen LogP contribution < -0.4 is 10.2 Å². The molecule has 0 saturated carbocycles. The van der Waals surface area contributed by atoms with Gasteiger partial charge in [0.05, 0.1) is 7.11 Å². The summed E-state index contributed by atoms with van der Waals surface area (Å²) in [6.45, 7) is 0.0791. The smallest absolute Gasteiger partial charge is 0.408 e. The molecule has 0 aromatic heterocycles. The van der Waals surface area contributed by atoms with E-state index in [1.807, 2.05) is 61.5 Å². The topological polar surface area (TPSA) is 84.9 Å². The molecule has 2 rings (SSSR count). The molecule has 7 heteroatoms. The van der Waals surface area contributed by atoms with Gasteiger partial charge in [-0.3, -0.25) is 4.79 Å². The highest BCUT2D eigenvalue weighted by Crippen LogP contribution is 2.20. The molecule has 0 heterocycles. The van der Waals surface area contributed by atoms with E-state index in [1.54, 1.807) is 12.1 Å². The van der Waals surface area contributed by atoms with E-state index >= 15 is 0 Å². The maximum absolute atomic E-state index is 12.7. The zero-order valence-corrected chi connectivity index (χ0v) is 16.9. The first kappa shape index (κ1) is 21.9. The van der Waals surface area contributed by atoms with E-state index < -0.39 is 18.1 Å². The van der Waals surface area contributed by atoms with Crippen LogP contribution in [-0.4, -0.2) is 45.1 Å². The van der Waals surface area contributed by atoms with Crippen LogP contribution in [0.15, 0.2) is 54.6 Å². The number of amides is 1. The van der Waals surface area contributed by atoms with Crippen LogP contribution in [0.1, 0.15) is 28.8 Å². The fourth-order valence-electron chi connectivity index (χ4n) is 2.81. The third kappa shape index (κ3) is 6.64. The molecule has 0 radical (unpaired) electrons. The Bertz CT molecular complexity index is 836. The second-order valence-electron chi connectivity index (χ2n) is 6.66. The molecule has 0 spiro atoms. The second-order valence-corrected chi connectivity index (χ2v) is 6.66. The molecule has 0 aliphatic carbocycles. The molecule has 154 valence electrons. The van der Waals surface area contributed by atoms with Crippen molar-refractivity contribution in [2.75, 3.05) is 26.1 Å². The molecule has 7 nitrogen and oxygen atoms in total. The number of ether oxygens (including phenoxy) is 2. The van der Waals surface area contributed by atoms with E-state index in [0.29, 0.717) is 5.56 Å². The van der Waals surface area contributed by atoms with Gasteiger partial charge in [-0.2, -0.15) is 0 Å². The first-order chi connectivity index (χ1) is 13.9. The summed E-state index contributed by atoms with van der Waals surface area (Å²) in [7, 11) is 4.94. The average Bonchev–Trinajstić information content (AvgIpc) is 2.75. The van der Waals surface area contributed by atoms with Gasteiger partial charge in [0.1, 0.15) is 12.6 Å². The minimum atomic E-state index is -0.973. The Balaban J connectivity index is 1.95. The summed E-state index contributed by atoms with van der Waals surface area (Å²) in [4.78, 5) is 38.6. The van der Waals surface area contributed by atoms with Crippen LogP contribution in [0.4, 0.5) is 10.5 Å². The average molecular weight is 398 g/mol. The first-order valence-corrected chi connectivity index (χ1v) is 9.27. The molecule has 1 atom stereocenters. The lowest BCUT2D eigenvalue weighted by Gasteiger charge is -2.18. The molecule has 0 aliphatic rings. The van der Waals surface area contributed by atoms with Crippen LogP contribution in [0.2, 0.25) is 0 Å². The number of benzene rings is 2. The van der Waals surface area contributed by atoms with Gasteiger partial charge < -0.3 is 19.7 Å². The van der Waals surface area contributed by atoms with Gasteiger partial charge in [0.25, 0.3) is 0 Å². The molecule has 1 unspecified atom stereocenters. The summed E-state index contributed by atoms with van der Waals surface area (Å²) in [6, 6.07) is 15.5. The number of ketones is 1. The Labute approximate surface area is 170 Å². The zero-order valence-electron chi connectivity index (χ0n) is 16.9. The number of rotatable bonds is 9. The van der Waals surface area contributed by atoms with Gasteiger partial charge >= 0.3 is 12.1 Å². The Morgan fingerprint density at radius 1 is 1.00 bits per heavy atom. The third-order valence-corrected chi connectivity index (χ3v) is 4.34. The van der Waals surface area contributed by atoms with Crippen molar-refractivity contribution in [3.8, 4) is 0 Å². The Kier molecular flexibility index (Phi) is 8.21. The maximum Gasteiger partial charge on any atom is 0.408 e. The van der Waals surface area contributed by atoms with Crippen molar-refractivity contribution < 1.29 is 23.9 Å². The van der Waals surface area contributed by atoms with Crippen LogP contribution in [-0.2, 0) is 20.9 Å². The van der Waals surface area contributed by atoms with Gasteiger partial charge in [-0.1, -0.05) is 42.5 Å². The molecule has 1 amide bonds. The molecule has 0 fully saturated rings. The summed E-state index contributed by atoms with van der Waals surface area (Å²) in [5.74, 6) is -0.752. The standard InChI is InChI=1S/C22H26N2O5/c1-24(2)19-12-8-7-11-17(19)20(25)14-13-18(21(26)28-3)23-22(27)29-15-16-9-5-4-6-10-16/h4-12,18H,13-15H2,1-3H3,(H,23,27). The highest BCUT2D eigenvalue weighted by Gasteiger charge is 2.24. The number of alkyl carbamates (subject to hydrolysis) is 1. The Hall–Kier alpha value is -3.35. The SMILES string of the molecule is COC(=O)C(CCC(=O)c1ccccc1N(C)C)NC(=O)OCc1ccccc1. The minimum Gasteiger partial charge on any atom is -0.467 e. The highest BCUT2D eigenvalue weighted by molar-refractivity contribution is 6.01. The van der Waals surface area contributed by atoms with Crippen LogP contribution in [0.5, 0.6) is 0 Å². The number of carbonyl (C=O) groups excluding carboxylic acids is 3. The van der Waals surface area contributed by atoms with Crippen molar-refractivity contribution >= 4 is 23.5 Å². The molecule has 29 heavy (non-hydrogen) atoms. The van der Waals surface area contributed by atoms with Crippen LogP contribution in [0, 0.1) is 0 Å². The predicted molar refractivity (Wildman–Crippen MR) is 110 cm³/mol. The second kappa shape index (κ2) is 10.8. The third-order valence-electron chi connectivity index (χ3n) is 4.34. The van der Waals surface area contributed by atoms with Gasteiger partial charge in [0.2, 0.25) is 0 Å². The molecule has 0 saturated heterocycles. The fraction of sp³-hybridized carbons (Fsp3) is 0.318. The van der Waals surface area contributed by atoms with Crippen LogP contribution in [0.3, 0.4) is 0 Å². The molecular formula is C22H26N2O5. The monoisotopic (exact) mass is 398 g/mol. The Morgan fingerprint density at radius 3 is 2.31 bits per heavy atom. The summed E-state index contributed by atoms with van der Waals surface area (Å²) in [5.41, 5.74) is 2.18. The van der Waals surface area contributed by atoms with Crippen molar-refractivity contribution in [1.82, 2.24) is 5.32 Å². The molecule has 2 aromatic carbocycles. The lowest BCUT2D eigenvalue weighted by atomic mass is 10.0. The van der Waals surface area contributed by atoms with Crippen molar-refractivity contribution in [3.63, 3.8) is 0 Å². The van der Waals surface area contributed by atoms with Crippen LogP contribution in [0.25, 0.3) is 0 Å². The zero-order chi connectivity index (χ0) is 21.2. The lowest BCUT2D eigenvalue weighted by molar-refractivity contribution is -0.143. The summed E-state index contributed by atoms with van der Waals surface area (Å²) < 4.78 is 9.89. The van der Waals surface area contributed by atoms with Gasteiger partial charge in [-0.05, 0) is 24.1 Å². The van der Waals surface area contributed by atoms with E-state index in [0.717, 1.165) is 11.3 Å². The quantitative estimate of drug-likeness (QED) is 0.516. The number of carbonyl (C=O) groups is 3. The van der Waals surface area contributed by atoms with E-state index in [-0.39, 0.29) is 25.2 Å². The number of esters is 1. The Morgan fingerprint density at radius 2 is 1.66 bits per heavy atom. The highest BCUT2D eigenvalue weighted by atomic mass is 16.6. The summed E-state index contributed by atoms with van der Waals surface area (Å²) in [6.07, 6.45) is -0.567. The number of para-hydroxylation sites is 1. The fourth-order valence-corrected chi connectivity index (χ4v) is 2.81. The number of nitrogens with one attached hydrogen (secondary N) is 1. The number of hydrogen-bond acceptors (Lipinski definition) is 6. The number of Topliss-reactive ketones (excluding diaryl/α,β-unsaturated/α-hetero) is 1. The number of hydrogen-bond donors (Lipinski definition) is 1. The van der Waals surface area contributed by atoms with E-state index in [9.17, 15) is 14.4 Å². The summed E-state index contributed by atoms with van der Waals surface area (Å²) >= 11 is 0. The van der Waals surface area contributed by atoms with Gasteiger partial charge in [-0.25, -0.2) is 9.59 Å². The van der Waals surface area contributed by atoms with Crippen molar-refractivity contribution in [3.05, 3.63) is 65.7 Å². The van der Waals surface area contributed by atoms with E-state index in [4.69, 9.17) is 9.47 Å². The lowest BCUT2D eigenvalue weighted by Crippen LogP contribution is -2.42. The van der Waals surface area contributed by atoms with Crippen molar-refractivity contribution in [1.29, 1.82) is 0 Å². The normalized spacial score (nSPS) is 11.3. The maximum atomic E-state index is 12.7. The van der Waals surface area contributed by atoms with Gasteiger partial charge in [0, 0.05) is 31.8 Å². The number of nitrogens with zero attached hydrogens (tertiary/aromatic N) is 1. The predicted octanol–water partition coefficient (Wildman–Crippen LogP) is 3.18. The van der Waals surface area contributed by atoms with Crippen LogP contribution >= 0.6 is 0 Å². The number of anilines is 1. The van der Waals surface area contributed by atoms with Crippen molar-refractivity contribution in [2.45, 2.75) is 25.5 Å². The molecule has 0 aliphatic heterocycles. The van der Waals surface area contributed by atoms with E-state index in [2.05, 4.69) is 5.32 Å². The minimum absolute atomic E-state index is 0.0730. The molecular weight excluding hydrogens is 372 g/mol. The van der Waals surface area contributed by atoms with E-state index in [1.165, 1.54) is 7.11 Å². The van der Waals surface area contributed by atoms with Gasteiger partial charge in [-0.15, -0.1) is 0 Å². The molecule has 1 N–H and O–H groups in total. The molecule has 0 bridgehead atoms. The number of methoxy groups -OCH3 is 1. The summed E-state index contributed by atoms with van der Waals surface area (Å²) in [5, 5.41) is 2.48. The first-order valence-electron chi connectivity index (χ1n) is 9.27. The van der Waals surface area contributed by atoms with Gasteiger partial charge in [0.15, 0.2) is 5.78 Å². The molecule has 2 aromatic rings. The van der Waals surface area contributed by atoms with Crippen molar-refractivity contribution in [2.24, 2.45) is 0 Å².